The number of hydrogen-bond acceptors (Lipinski definition) is 3. The van der Waals surface area contributed by atoms with Gasteiger partial charge in [-0.1, -0.05) is 0 Å². The van der Waals surface area contributed by atoms with E-state index < -0.39 is 0 Å². The van der Waals surface area contributed by atoms with E-state index in [0.717, 1.165) is 12.8 Å². The molecule has 0 N–H and O–H groups in total. The van der Waals surface area contributed by atoms with Gasteiger partial charge in [0.25, 0.3) is 0 Å². The molecule has 1 heterocycles. The molecule has 0 unspecified atom stereocenters. The van der Waals surface area contributed by atoms with Gasteiger partial charge in [0, 0.05) is 5.92 Å². The lowest BCUT2D eigenvalue weighted by atomic mass is 10.2. The van der Waals surface area contributed by atoms with Crippen LogP contribution in [-0.4, -0.2) is 17.9 Å². The predicted molar refractivity (Wildman–Crippen MR) is 47.8 cm³/mol. The number of ketones is 1. The molecular formula is C10H11NO2. The molecule has 13 heavy (non-hydrogen) atoms. The minimum Gasteiger partial charge on any atom is -0.495 e. The molecule has 3 nitrogen and oxygen atoms in total. The van der Waals surface area contributed by atoms with Crippen LogP contribution in [0.1, 0.15) is 23.3 Å². The van der Waals surface area contributed by atoms with E-state index in [-0.39, 0.29) is 11.7 Å². The third-order valence-electron chi connectivity index (χ3n) is 2.17. The largest absolute Gasteiger partial charge is 0.495 e. The SMILES string of the molecule is COc1ccc(C(=O)C2CC2)nc1. The van der Waals surface area contributed by atoms with Crippen molar-refractivity contribution in [2.24, 2.45) is 5.92 Å². The Morgan fingerprint density at radius 1 is 1.54 bits per heavy atom. The Balaban J connectivity index is 2.16. The lowest BCUT2D eigenvalue weighted by molar-refractivity contribution is 0.0962. The summed E-state index contributed by atoms with van der Waals surface area (Å²) in [4.78, 5) is 15.5. The van der Waals surface area contributed by atoms with Crippen LogP contribution in [0.5, 0.6) is 5.75 Å². The number of aromatic nitrogens is 1. The van der Waals surface area contributed by atoms with Crippen molar-refractivity contribution >= 4 is 5.78 Å². The zero-order chi connectivity index (χ0) is 9.26. The normalized spacial score (nSPS) is 15.5. The van der Waals surface area contributed by atoms with Gasteiger partial charge in [-0.15, -0.1) is 0 Å². The molecule has 0 amide bonds. The average molecular weight is 177 g/mol. The molecule has 1 saturated carbocycles. The average Bonchev–Trinajstić information content (AvgIpc) is 3.00. The van der Waals surface area contributed by atoms with Crippen molar-refractivity contribution in [1.82, 2.24) is 4.98 Å². The van der Waals surface area contributed by atoms with Gasteiger partial charge in [-0.2, -0.15) is 0 Å². The number of Topliss-reactive ketones (excluding diaryl/α,β-unsaturated/α-hetero) is 1. The highest BCUT2D eigenvalue weighted by Gasteiger charge is 2.31. The zero-order valence-electron chi connectivity index (χ0n) is 7.49. The topological polar surface area (TPSA) is 39.2 Å². The second kappa shape index (κ2) is 3.17. The highest BCUT2D eigenvalue weighted by Crippen LogP contribution is 2.32. The highest BCUT2D eigenvalue weighted by molar-refractivity contribution is 5.97. The smallest absolute Gasteiger partial charge is 0.184 e. The Hall–Kier alpha value is -1.38. The van der Waals surface area contributed by atoms with E-state index in [0.29, 0.717) is 11.4 Å². The quantitative estimate of drug-likeness (QED) is 0.659. The molecule has 0 radical (unpaired) electrons. The van der Waals surface area contributed by atoms with E-state index in [1.165, 1.54) is 0 Å². The molecule has 0 saturated heterocycles. The second-order valence-electron chi connectivity index (χ2n) is 3.22. The minimum absolute atomic E-state index is 0.169. The van der Waals surface area contributed by atoms with Crippen LogP contribution >= 0.6 is 0 Å². The maximum absolute atomic E-state index is 11.5. The molecule has 0 atom stereocenters. The van der Waals surface area contributed by atoms with E-state index in [4.69, 9.17) is 4.74 Å². The number of carbonyl (C=O) groups excluding carboxylic acids is 1. The minimum atomic E-state index is 0.169. The molecule has 1 fully saturated rings. The van der Waals surface area contributed by atoms with Gasteiger partial charge in [0.05, 0.1) is 13.3 Å². The van der Waals surface area contributed by atoms with Crippen LogP contribution < -0.4 is 4.74 Å². The lowest BCUT2D eigenvalue weighted by Crippen LogP contribution is -2.03. The van der Waals surface area contributed by atoms with Crippen LogP contribution in [-0.2, 0) is 0 Å². The maximum atomic E-state index is 11.5. The fourth-order valence-electron chi connectivity index (χ4n) is 1.20. The molecule has 0 bridgehead atoms. The molecule has 0 aromatic carbocycles. The lowest BCUT2D eigenvalue weighted by Gasteiger charge is -2.00. The molecule has 68 valence electrons. The Morgan fingerprint density at radius 3 is 2.77 bits per heavy atom. The summed E-state index contributed by atoms with van der Waals surface area (Å²) in [5, 5.41) is 0. The van der Waals surface area contributed by atoms with Crippen LogP contribution in [0.15, 0.2) is 18.3 Å². The van der Waals surface area contributed by atoms with Gasteiger partial charge < -0.3 is 4.74 Å². The van der Waals surface area contributed by atoms with Crippen molar-refractivity contribution in [2.75, 3.05) is 7.11 Å². The summed E-state index contributed by atoms with van der Waals surface area (Å²) < 4.78 is 4.95. The van der Waals surface area contributed by atoms with Gasteiger partial charge in [0.1, 0.15) is 11.4 Å². The Bertz CT molecular complexity index is 314. The van der Waals surface area contributed by atoms with E-state index in [2.05, 4.69) is 4.98 Å². The van der Waals surface area contributed by atoms with Crippen LogP contribution in [0.3, 0.4) is 0 Å². The summed E-state index contributed by atoms with van der Waals surface area (Å²) in [6.07, 6.45) is 3.62. The summed E-state index contributed by atoms with van der Waals surface area (Å²) in [6, 6.07) is 3.49. The van der Waals surface area contributed by atoms with Gasteiger partial charge in [0.2, 0.25) is 0 Å². The summed E-state index contributed by atoms with van der Waals surface area (Å²) in [5.41, 5.74) is 0.559. The van der Waals surface area contributed by atoms with Crippen LogP contribution in [0.4, 0.5) is 0 Å². The number of ether oxygens (including phenoxy) is 1. The summed E-state index contributed by atoms with van der Waals surface area (Å²) in [7, 11) is 1.58. The summed E-state index contributed by atoms with van der Waals surface area (Å²) in [5.74, 6) is 1.09. The van der Waals surface area contributed by atoms with Gasteiger partial charge >= 0.3 is 0 Å². The molecule has 0 aliphatic heterocycles. The van der Waals surface area contributed by atoms with Crippen molar-refractivity contribution in [1.29, 1.82) is 0 Å². The van der Waals surface area contributed by atoms with E-state index >= 15 is 0 Å². The van der Waals surface area contributed by atoms with Crippen molar-refractivity contribution in [2.45, 2.75) is 12.8 Å². The van der Waals surface area contributed by atoms with Crippen LogP contribution in [0.25, 0.3) is 0 Å². The highest BCUT2D eigenvalue weighted by atomic mass is 16.5. The van der Waals surface area contributed by atoms with Crippen molar-refractivity contribution in [3.63, 3.8) is 0 Å². The van der Waals surface area contributed by atoms with Crippen LogP contribution in [0.2, 0.25) is 0 Å². The predicted octanol–water partition coefficient (Wildman–Crippen LogP) is 1.68. The number of hydrogen-bond donors (Lipinski definition) is 0. The number of nitrogens with zero attached hydrogens (tertiary/aromatic N) is 1. The van der Waals surface area contributed by atoms with Crippen molar-refractivity contribution in [3.05, 3.63) is 24.0 Å². The summed E-state index contributed by atoms with van der Waals surface area (Å²) in [6.45, 7) is 0. The number of methoxy groups -OCH3 is 1. The first-order chi connectivity index (χ1) is 6.31. The molecular weight excluding hydrogens is 166 g/mol. The van der Waals surface area contributed by atoms with Gasteiger partial charge in [-0.25, -0.2) is 4.98 Å². The Morgan fingerprint density at radius 2 is 2.31 bits per heavy atom. The zero-order valence-corrected chi connectivity index (χ0v) is 7.49. The van der Waals surface area contributed by atoms with Crippen molar-refractivity contribution < 1.29 is 9.53 Å². The molecule has 1 aliphatic rings. The third kappa shape index (κ3) is 1.69. The molecule has 1 aromatic rings. The standard InChI is InChI=1S/C10H11NO2/c1-13-8-4-5-9(11-6-8)10(12)7-2-3-7/h4-7H,2-3H2,1H3. The van der Waals surface area contributed by atoms with E-state index in [1.54, 1.807) is 25.4 Å². The van der Waals surface area contributed by atoms with E-state index in [9.17, 15) is 4.79 Å². The monoisotopic (exact) mass is 177 g/mol. The number of pyridine rings is 1. The number of carbonyl (C=O) groups is 1. The Kier molecular flexibility index (Phi) is 2.00. The van der Waals surface area contributed by atoms with E-state index in [1.807, 2.05) is 0 Å². The maximum Gasteiger partial charge on any atom is 0.184 e. The van der Waals surface area contributed by atoms with Crippen molar-refractivity contribution in [3.8, 4) is 5.75 Å². The first-order valence-electron chi connectivity index (χ1n) is 4.35. The molecule has 1 aliphatic carbocycles. The first kappa shape index (κ1) is 8.23. The number of rotatable bonds is 3. The fourth-order valence-corrected chi connectivity index (χ4v) is 1.20. The van der Waals surface area contributed by atoms with Gasteiger partial charge in [0.15, 0.2) is 5.78 Å². The third-order valence-corrected chi connectivity index (χ3v) is 2.17. The molecule has 3 heteroatoms. The second-order valence-corrected chi connectivity index (χ2v) is 3.22. The van der Waals surface area contributed by atoms with Gasteiger partial charge in [-0.3, -0.25) is 4.79 Å². The molecule has 1 aromatic heterocycles. The first-order valence-corrected chi connectivity index (χ1v) is 4.35. The van der Waals surface area contributed by atoms with Gasteiger partial charge in [-0.05, 0) is 25.0 Å². The van der Waals surface area contributed by atoms with Crippen LogP contribution in [0, 0.1) is 5.92 Å². The molecule has 2 rings (SSSR count). The fraction of sp³-hybridized carbons (Fsp3) is 0.400. The summed E-state index contributed by atoms with van der Waals surface area (Å²) >= 11 is 0. The Labute approximate surface area is 76.7 Å². The molecule has 0 spiro atoms.